The Morgan fingerprint density at radius 1 is 1.00 bits per heavy atom. The maximum absolute atomic E-state index is 12.5. The number of alkyl carbamates (subject to hydrolysis) is 1. The Labute approximate surface area is 246 Å². The van der Waals surface area contributed by atoms with Gasteiger partial charge in [-0.15, -0.1) is 0 Å². The molecule has 0 heterocycles. The highest BCUT2D eigenvalue weighted by atomic mass is 35.5. The molecule has 0 aliphatic heterocycles. The van der Waals surface area contributed by atoms with Gasteiger partial charge in [-0.3, -0.25) is 0 Å². The summed E-state index contributed by atoms with van der Waals surface area (Å²) in [5, 5.41) is 13.7. The number of aliphatic hydroxyl groups excluding tert-OH is 1. The molecule has 0 aliphatic carbocycles. The summed E-state index contributed by atoms with van der Waals surface area (Å²) in [6.45, 7) is 5.58. The number of rotatable bonds is 14. The molecule has 0 radical (unpaired) electrons. The average molecular weight is 588 g/mol. The molecule has 40 heavy (non-hydrogen) atoms. The standard InChI is InChI=1S/C31H38ClNO6S/c1-30(2,3)39-29(35)33-31(20-34,21-37-22-36-4)16-15-24-13-14-27(18-28(24)32)40-26-12-8-11-25(17-26)38-19-23-9-6-5-7-10-23/h5-14,17-18,34H,15-16,19-22H2,1-4H3,(H,33,35). The quantitative estimate of drug-likeness (QED) is 0.157. The predicted molar refractivity (Wildman–Crippen MR) is 158 cm³/mol. The number of hydrogen-bond acceptors (Lipinski definition) is 7. The number of benzene rings is 3. The van der Waals surface area contributed by atoms with Crippen molar-refractivity contribution in [2.24, 2.45) is 0 Å². The van der Waals surface area contributed by atoms with Gasteiger partial charge in [-0.25, -0.2) is 4.79 Å². The summed E-state index contributed by atoms with van der Waals surface area (Å²) < 4.78 is 21.9. The molecule has 0 aromatic heterocycles. The zero-order valence-electron chi connectivity index (χ0n) is 23.4. The Morgan fingerprint density at radius 2 is 1.75 bits per heavy atom. The van der Waals surface area contributed by atoms with E-state index in [0.29, 0.717) is 24.5 Å². The first kappa shape index (κ1) is 31.8. The van der Waals surface area contributed by atoms with Crippen molar-refractivity contribution in [1.29, 1.82) is 0 Å². The first-order chi connectivity index (χ1) is 19.1. The zero-order chi connectivity index (χ0) is 29.0. The molecule has 0 fully saturated rings. The Kier molecular flexibility index (Phi) is 12.2. The summed E-state index contributed by atoms with van der Waals surface area (Å²) in [6, 6.07) is 23.9. The minimum Gasteiger partial charge on any atom is -0.489 e. The van der Waals surface area contributed by atoms with Crippen molar-refractivity contribution in [2.75, 3.05) is 27.1 Å². The normalized spacial score (nSPS) is 12.9. The first-order valence-electron chi connectivity index (χ1n) is 13.0. The van der Waals surface area contributed by atoms with Crippen LogP contribution in [0.4, 0.5) is 4.79 Å². The third kappa shape index (κ3) is 10.7. The van der Waals surface area contributed by atoms with Gasteiger partial charge < -0.3 is 29.4 Å². The summed E-state index contributed by atoms with van der Waals surface area (Å²) in [6.07, 6.45) is 0.244. The fourth-order valence-corrected chi connectivity index (χ4v) is 5.09. The number of halogens is 1. The van der Waals surface area contributed by atoms with Crippen molar-refractivity contribution in [1.82, 2.24) is 5.32 Å². The third-order valence-electron chi connectivity index (χ3n) is 5.84. The van der Waals surface area contributed by atoms with E-state index in [0.717, 1.165) is 26.7 Å². The van der Waals surface area contributed by atoms with Crippen molar-refractivity contribution in [2.45, 2.75) is 61.2 Å². The van der Waals surface area contributed by atoms with Crippen LogP contribution in [0.25, 0.3) is 0 Å². The number of carbonyl (C=O) groups excluding carboxylic acids is 1. The lowest BCUT2D eigenvalue weighted by Gasteiger charge is -2.34. The molecular formula is C31H38ClNO6S. The molecule has 0 saturated carbocycles. The molecule has 1 atom stereocenters. The highest BCUT2D eigenvalue weighted by Crippen LogP contribution is 2.33. The second kappa shape index (κ2) is 15.3. The smallest absolute Gasteiger partial charge is 0.408 e. The van der Waals surface area contributed by atoms with Gasteiger partial charge in [0.25, 0.3) is 0 Å². The maximum Gasteiger partial charge on any atom is 0.408 e. The number of aliphatic hydroxyl groups is 1. The van der Waals surface area contributed by atoms with Crippen LogP contribution in [0.2, 0.25) is 5.02 Å². The van der Waals surface area contributed by atoms with Gasteiger partial charge in [0.2, 0.25) is 0 Å². The molecular weight excluding hydrogens is 550 g/mol. The van der Waals surface area contributed by atoms with Crippen molar-refractivity contribution in [3.63, 3.8) is 0 Å². The van der Waals surface area contributed by atoms with Crippen LogP contribution in [0.5, 0.6) is 5.75 Å². The van der Waals surface area contributed by atoms with Gasteiger partial charge in [0, 0.05) is 21.9 Å². The minimum absolute atomic E-state index is 0.0307. The second-order valence-corrected chi connectivity index (χ2v) is 12.0. The number of hydrogen-bond donors (Lipinski definition) is 2. The summed E-state index contributed by atoms with van der Waals surface area (Å²) in [4.78, 5) is 14.5. The average Bonchev–Trinajstić information content (AvgIpc) is 2.91. The molecule has 1 amide bonds. The first-order valence-corrected chi connectivity index (χ1v) is 14.2. The van der Waals surface area contributed by atoms with Gasteiger partial charge >= 0.3 is 6.09 Å². The van der Waals surface area contributed by atoms with Gasteiger partial charge in [-0.1, -0.05) is 65.8 Å². The van der Waals surface area contributed by atoms with Crippen LogP contribution in [0, 0.1) is 0 Å². The second-order valence-electron chi connectivity index (χ2n) is 10.4. The topological polar surface area (TPSA) is 86.3 Å². The molecule has 9 heteroatoms. The predicted octanol–water partition coefficient (Wildman–Crippen LogP) is 6.88. The van der Waals surface area contributed by atoms with Crippen LogP contribution in [0.15, 0.2) is 82.6 Å². The van der Waals surface area contributed by atoms with Crippen LogP contribution in [0.3, 0.4) is 0 Å². The Balaban J connectivity index is 1.64. The molecule has 0 bridgehead atoms. The van der Waals surface area contributed by atoms with Gasteiger partial charge in [-0.2, -0.15) is 0 Å². The van der Waals surface area contributed by atoms with Crippen LogP contribution in [-0.2, 0) is 27.2 Å². The van der Waals surface area contributed by atoms with E-state index < -0.39 is 17.2 Å². The van der Waals surface area contributed by atoms with Gasteiger partial charge in [0.05, 0.1) is 18.8 Å². The lowest BCUT2D eigenvalue weighted by Crippen LogP contribution is -2.56. The number of methoxy groups -OCH3 is 1. The van der Waals surface area contributed by atoms with Gasteiger partial charge in [0.1, 0.15) is 24.8 Å². The van der Waals surface area contributed by atoms with E-state index in [9.17, 15) is 9.90 Å². The highest BCUT2D eigenvalue weighted by molar-refractivity contribution is 7.99. The van der Waals surface area contributed by atoms with Crippen molar-refractivity contribution in [3.8, 4) is 5.75 Å². The SMILES string of the molecule is COCOCC(CO)(CCc1ccc(Sc2cccc(OCc3ccccc3)c2)cc1Cl)NC(=O)OC(C)(C)C. The van der Waals surface area contributed by atoms with Gasteiger partial charge in [0.15, 0.2) is 0 Å². The number of carbonyl (C=O) groups is 1. The summed E-state index contributed by atoms with van der Waals surface area (Å²) in [5.74, 6) is 0.796. The Morgan fingerprint density at radius 3 is 2.42 bits per heavy atom. The van der Waals surface area contributed by atoms with E-state index in [1.807, 2.05) is 72.8 Å². The largest absolute Gasteiger partial charge is 0.489 e. The van der Waals surface area contributed by atoms with Crippen molar-refractivity contribution in [3.05, 3.63) is 88.9 Å². The van der Waals surface area contributed by atoms with E-state index in [-0.39, 0.29) is 20.0 Å². The molecule has 3 aromatic carbocycles. The van der Waals surface area contributed by atoms with E-state index in [2.05, 4.69) is 5.32 Å². The molecule has 0 saturated heterocycles. The zero-order valence-corrected chi connectivity index (χ0v) is 25.0. The van der Waals surface area contributed by atoms with Crippen LogP contribution >= 0.6 is 23.4 Å². The highest BCUT2D eigenvalue weighted by Gasteiger charge is 2.34. The maximum atomic E-state index is 12.5. The summed E-state index contributed by atoms with van der Waals surface area (Å²) in [7, 11) is 1.51. The van der Waals surface area contributed by atoms with Crippen LogP contribution in [0.1, 0.15) is 38.3 Å². The summed E-state index contributed by atoms with van der Waals surface area (Å²) in [5.41, 5.74) is 0.252. The molecule has 3 aromatic rings. The van der Waals surface area contributed by atoms with Crippen LogP contribution in [-0.4, -0.2) is 49.5 Å². The Hall–Kier alpha value is -2.75. The number of amides is 1. The lowest BCUT2D eigenvalue weighted by molar-refractivity contribution is -0.0645. The van der Waals surface area contributed by atoms with Crippen molar-refractivity contribution < 1.29 is 28.8 Å². The van der Waals surface area contributed by atoms with Gasteiger partial charge in [-0.05, 0) is 75.1 Å². The lowest BCUT2D eigenvalue weighted by atomic mass is 9.92. The molecule has 216 valence electrons. The molecule has 1 unspecified atom stereocenters. The fourth-order valence-electron chi connectivity index (χ4n) is 3.85. The van der Waals surface area contributed by atoms with Crippen LogP contribution < -0.4 is 10.1 Å². The number of ether oxygens (including phenoxy) is 4. The molecule has 7 nitrogen and oxygen atoms in total. The molecule has 3 rings (SSSR count). The fraction of sp³-hybridized carbons (Fsp3) is 0.387. The van der Waals surface area contributed by atoms with E-state index in [1.54, 1.807) is 32.5 Å². The number of nitrogens with one attached hydrogen (secondary N) is 1. The molecule has 2 N–H and O–H groups in total. The summed E-state index contributed by atoms with van der Waals surface area (Å²) >= 11 is 8.26. The minimum atomic E-state index is -1.07. The Bertz CT molecular complexity index is 1220. The van der Waals surface area contributed by atoms with E-state index >= 15 is 0 Å². The monoisotopic (exact) mass is 587 g/mol. The third-order valence-corrected chi connectivity index (χ3v) is 7.17. The molecule has 0 spiro atoms. The van der Waals surface area contributed by atoms with Crippen molar-refractivity contribution >= 4 is 29.5 Å². The number of aryl methyl sites for hydroxylation is 1. The van der Waals surface area contributed by atoms with E-state index in [1.165, 1.54) is 7.11 Å². The molecule has 0 aliphatic rings. The van der Waals surface area contributed by atoms with E-state index in [4.69, 9.17) is 30.5 Å².